The first kappa shape index (κ1) is 17.0. The average molecular weight is 271 g/mol. The van der Waals surface area contributed by atoms with Gasteiger partial charge in [0, 0.05) is 12.0 Å². The largest absolute Gasteiger partial charge is 0.415 e. The molecule has 0 rings (SSSR count). The minimum atomic E-state index is -4.60. The van der Waals surface area contributed by atoms with Crippen molar-refractivity contribution in [3.8, 4) is 0 Å². The van der Waals surface area contributed by atoms with E-state index in [9.17, 15) is 13.2 Å². The van der Waals surface area contributed by atoms with E-state index in [2.05, 4.69) is 10.5 Å². The number of nitrogens with one attached hydrogen (secondary N) is 1. The fourth-order valence-corrected chi connectivity index (χ4v) is 1.27. The molecule has 0 aromatic rings. The Bertz CT molecular complexity index is 280. The van der Waals surface area contributed by atoms with Crippen LogP contribution >= 0.6 is 0 Å². The Morgan fingerprint density at radius 3 is 2.39 bits per heavy atom. The second kappa shape index (κ2) is 6.79. The van der Waals surface area contributed by atoms with Crippen LogP contribution in [-0.2, 0) is 0 Å². The summed E-state index contributed by atoms with van der Waals surface area (Å²) in [6, 6.07) is 0. The van der Waals surface area contributed by atoms with E-state index in [1.54, 1.807) is 13.8 Å². The van der Waals surface area contributed by atoms with E-state index < -0.39 is 24.2 Å². The Balaban J connectivity index is 3.82. The molecule has 0 spiro atoms. The van der Waals surface area contributed by atoms with E-state index in [0.29, 0.717) is 19.4 Å². The molecule has 5 nitrogen and oxygen atoms in total. The summed E-state index contributed by atoms with van der Waals surface area (Å²) in [6.07, 6.45) is -5.85. The number of oxime groups is 1. The molecule has 0 aromatic heterocycles. The molecule has 1 unspecified atom stereocenters. The van der Waals surface area contributed by atoms with Gasteiger partial charge >= 0.3 is 6.18 Å². The molecule has 8 heteroatoms. The highest BCUT2D eigenvalue weighted by Crippen LogP contribution is 2.22. The molecule has 5 N–H and O–H groups in total. The van der Waals surface area contributed by atoms with Gasteiger partial charge in [-0.1, -0.05) is 19.0 Å². The highest BCUT2D eigenvalue weighted by molar-refractivity contribution is 5.85. The standard InChI is InChI=1S/C10H20F3N3O2/c1-9(2,8(14)16-18)4-3-5-15-6-7(17)10(11,12)13/h7,15,17-18H,3-6H2,1-2H3,(H2,14,16). The number of halogens is 3. The smallest absolute Gasteiger partial charge is 0.409 e. The Morgan fingerprint density at radius 2 is 1.94 bits per heavy atom. The van der Waals surface area contributed by atoms with Crippen molar-refractivity contribution in [2.75, 3.05) is 13.1 Å². The van der Waals surface area contributed by atoms with Gasteiger partial charge < -0.3 is 21.4 Å². The molecule has 0 aliphatic rings. The maximum atomic E-state index is 11.9. The van der Waals surface area contributed by atoms with E-state index in [1.807, 2.05) is 0 Å². The van der Waals surface area contributed by atoms with Crippen LogP contribution in [-0.4, -0.2) is 41.5 Å². The van der Waals surface area contributed by atoms with Gasteiger partial charge in [0.05, 0.1) is 0 Å². The van der Waals surface area contributed by atoms with Crippen LogP contribution in [0.2, 0.25) is 0 Å². The summed E-state index contributed by atoms with van der Waals surface area (Å²) >= 11 is 0. The minimum Gasteiger partial charge on any atom is -0.409 e. The van der Waals surface area contributed by atoms with Crippen molar-refractivity contribution in [1.82, 2.24) is 5.32 Å². The highest BCUT2D eigenvalue weighted by atomic mass is 19.4. The zero-order valence-electron chi connectivity index (χ0n) is 10.5. The molecule has 0 aliphatic carbocycles. The molecule has 0 radical (unpaired) electrons. The topological polar surface area (TPSA) is 90.9 Å². The van der Waals surface area contributed by atoms with Crippen molar-refractivity contribution in [2.24, 2.45) is 16.3 Å². The Hall–Kier alpha value is -1.02. The number of hydrogen-bond acceptors (Lipinski definition) is 4. The van der Waals surface area contributed by atoms with Gasteiger partial charge in [0.25, 0.3) is 0 Å². The normalized spacial score (nSPS) is 15.8. The van der Waals surface area contributed by atoms with Crippen LogP contribution < -0.4 is 11.1 Å². The van der Waals surface area contributed by atoms with Gasteiger partial charge in [0.2, 0.25) is 0 Å². The Kier molecular flexibility index (Phi) is 6.41. The monoisotopic (exact) mass is 271 g/mol. The quantitative estimate of drug-likeness (QED) is 0.183. The molecular formula is C10H20F3N3O2. The Labute approximate surface area is 104 Å². The number of aliphatic hydroxyl groups excluding tert-OH is 1. The first-order valence-electron chi connectivity index (χ1n) is 5.55. The lowest BCUT2D eigenvalue weighted by Gasteiger charge is -2.22. The molecule has 0 saturated heterocycles. The molecule has 0 heterocycles. The van der Waals surface area contributed by atoms with Crippen molar-refractivity contribution in [1.29, 1.82) is 0 Å². The number of hydrogen-bond donors (Lipinski definition) is 4. The second-order valence-electron chi connectivity index (χ2n) is 4.73. The SMILES string of the molecule is CC(C)(CCCNCC(O)C(F)(F)F)C(N)=NO. The summed E-state index contributed by atoms with van der Waals surface area (Å²) in [5.74, 6) is 0.0813. The third kappa shape index (κ3) is 6.06. The number of alkyl halides is 3. The molecule has 108 valence electrons. The fourth-order valence-electron chi connectivity index (χ4n) is 1.27. The molecule has 0 saturated carbocycles. The van der Waals surface area contributed by atoms with Crippen LogP contribution in [0.25, 0.3) is 0 Å². The lowest BCUT2D eigenvalue weighted by molar-refractivity contribution is -0.201. The number of aliphatic hydroxyl groups is 1. The lowest BCUT2D eigenvalue weighted by atomic mass is 9.86. The van der Waals surface area contributed by atoms with E-state index in [4.69, 9.17) is 16.0 Å². The molecule has 18 heavy (non-hydrogen) atoms. The van der Waals surface area contributed by atoms with E-state index >= 15 is 0 Å². The van der Waals surface area contributed by atoms with Crippen LogP contribution in [0.3, 0.4) is 0 Å². The first-order valence-corrected chi connectivity index (χ1v) is 5.55. The molecule has 1 atom stereocenters. The van der Waals surface area contributed by atoms with Crippen LogP contribution in [0.1, 0.15) is 26.7 Å². The Morgan fingerprint density at radius 1 is 1.39 bits per heavy atom. The lowest BCUT2D eigenvalue weighted by Crippen LogP contribution is -2.39. The van der Waals surface area contributed by atoms with Gasteiger partial charge in [0.15, 0.2) is 6.10 Å². The van der Waals surface area contributed by atoms with E-state index in [-0.39, 0.29) is 5.84 Å². The van der Waals surface area contributed by atoms with Crippen molar-refractivity contribution in [3.05, 3.63) is 0 Å². The summed E-state index contributed by atoms with van der Waals surface area (Å²) < 4.78 is 35.8. The van der Waals surface area contributed by atoms with Crippen molar-refractivity contribution >= 4 is 5.84 Å². The van der Waals surface area contributed by atoms with Crippen LogP contribution in [0.5, 0.6) is 0 Å². The maximum absolute atomic E-state index is 11.9. The summed E-state index contributed by atoms with van der Waals surface area (Å²) in [6.45, 7) is 3.32. The maximum Gasteiger partial charge on any atom is 0.415 e. The summed E-state index contributed by atoms with van der Waals surface area (Å²) in [4.78, 5) is 0. The molecule has 0 fully saturated rings. The zero-order chi connectivity index (χ0) is 14.4. The van der Waals surface area contributed by atoms with Gasteiger partial charge in [-0.25, -0.2) is 0 Å². The van der Waals surface area contributed by atoms with Crippen molar-refractivity contribution in [2.45, 2.75) is 39.0 Å². The zero-order valence-corrected chi connectivity index (χ0v) is 10.5. The van der Waals surface area contributed by atoms with Gasteiger partial charge in [-0.05, 0) is 19.4 Å². The van der Waals surface area contributed by atoms with Gasteiger partial charge in [-0.3, -0.25) is 0 Å². The van der Waals surface area contributed by atoms with Crippen molar-refractivity contribution in [3.63, 3.8) is 0 Å². The first-order chi connectivity index (χ1) is 8.11. The number of nitrogens with two attached hydrogens (primary N) is 1. The highest BCUT2D eigenvalue weighted by Gasteiger charge is 2.37. The molecule has 0 aromatic carbocycles. The summed E-state index contributed by atoms with van der Waals surface area (Å²) in [5, 5.41) is 22.6. The fraction of sp³-hybridized carbons (Fsp3) is 0.900. The minimum absolute atomic E-state index is 0.0813. The van der Waals surface area contributed by atoms with Gasteiger partial charge in [-0.15, -0.1) is 0 Å². The average Bonchev–Trinajstić information content (AvgIpc) is 2.25. The van der Waals surface area contributed by atoms with Crippen LogP contribution in [0.4, 0.5) is 13.2 Å². The van der Waals surface area contributed by atoms with Crippen LogP contribution in [0.15, 0.2) is 5.16 Å². The van der Waals surface area contributed by atoms with E-state index in [0.717, 1.165) is 0 Å². The number of amidine groups is 1. The van der Waals surface area contributed by atoms with Gasteiger partial charge in [0.1, 0.15) is 5.84 Å². The predicted octanol–water partition coefficient (Wildman–Crippen LogP) is 1.05. The third-order valence-corrected chi connectivity index (χ3v) is 2.67. The molecule has 0 bridgehead atoms. The van der Waals surface area contributed by atoms with Crippen LogP contribution in [0, 0.1) is 5.41 Å². The van der Waals surface area contributed by atoms with Crippen molar-refractivity contribution < 1.29 is 23.5 Å². The molecule has 0 amide bonds. The predicted molar refractivity (Wildman–Crippen MR) is 61.4 cm³/mol. The number of nitrogens with zero attached hydrogens (tertiary/aromatic N) is 1. The summed E-state index contributed by atoms with van der Waals surface area (Å²) in [7, 11) is 0. The molecule has 0 aliphatic heterocycles. The summed E-state index contributed by atoms with van der Waals surface area (Å²) in [5.41, 5.74) is 4.95. The molecular weight excluding hydrogens is 251 g/mol. The van der Waals surface area contributed by atoms with Gasteiger partial charge in [-0.2, -0.15) is 13.2 Å². The van der Waals surface area contributed by atoms with E-state index in [1.165, 1.54) is 0 Å². The third-order valence-electron chi connectivity index (χ3n) is 2.67. The number of rotatable bonds is 7. The second-order valence-corrected chi connectivity index (χ2v) is 4.73.